The molecule has 0 saturated carbocycles. The zero-order valence-corrected chi connectivity index (χ0v) is 39.7. The molecule has 2 heterocycles. The summed E-state index contributed by atoms with van der Waals surface area (Å²) in [5.74, 6) is 0.111. The van der Waals surface area contributed by atoms with Crippen LogP contribution in [0.3, 0.4) is 0 Å². The molecule has 332 valence electrons. The summed E-state index contributed by atoms with van der Waals surface area (Å²) in [6.45, 7) is 30.4. The molecule has 0 spiro atoms. The Bertz CT molecular complexity index is 1640. The van der Waals surface area contributed by atoms with Crippen LogP contribution in [0.4, 0.5) is 0 Å². The number of hydrogen-bond acceptors (Lipinski definition) is 9. The van der Waals surface area contributed by atoms with E-state index in [-0.39, 0.29) is 58.7 Å². The van der Waals surface area contributed by atoms with Crippen LogP contribution in [0.25, 0.3) is 0 Å². The molecule has 0 atom stereocenters. The van der Waals surface area contributed by atoms with Crippen LogP contribution in [0, 0.1) is 5.41 Å². The minimum absolute atomic E-state index is 0.0971. The Morgan fingerprint density at radius 3 is 1.42 bits per heavy atom. The Morgan fingerprint density at radius 1 is 0.644 bits per heavy atom. The van der Waals surface area contributed by atoms with E-state index in [1.165, 1.54) is 0 Å². The van der Waals surface area contributed by atoms with E-state index in [2.05, 4.69) is 121 Å². The normalized spacial score (nSPS) is 20.3. The molecule has 59 heavy (non-hydrogen) atoms. The summed E-state index contributed by atoms with van der Waals surface area (Å²) >= 11 is 0. The average Bonchev–Trinajstić information content (AvgIpc) is 3.08. The lowest BCUT2D eigenvalue weighted by Crippen LogP contribution is -2.61. The van der Waals surface area contributed by atoms with Crippen LogP contribution in [0.15, 0.2) is 36.4 Å². The first-order valence-corrected chi connectivity index (χ1v) is 22.1. The number of hydrogen-bond donors (Lipinski definition) is 2. The molecule has 9 heteroatoms. The van der Waals surface area contributed by atoms with Gasteiger partial charge >= 0.3 is 11.9 Å². The van der Waals surface area contributed by atoms with Gasteiger partial charge in [-0.05, 0) is 141 Å². The molecule has 2 saturated heterocycles. The number of rotatable bonds is 14. The van der Waals surface area contributed by atoms with Gasteiger partial charge in [-0.2, -0.15) is 0 Å². The van der Waals surface area contributed by atoms with Crippen molar-refractivity contribution in [2.75, 3.05) is 20.7 Å². The van der Waals surface area contributed by atoms with E-state index in [1.807, 2.05) is 12.1 Å². The highest BCUT2D eigenvalue weighted by Gasteiger charge is 2.54. The van der Waals surface area contributed by atoms with E-state index in [9.17, 15) is 10.2 Å². The quantitative estimate of drug-likeness (QED) is 0.109. The van der Waals surface area contributed by atoms with Crippen molar-refractivity contribution in [3.63, 3.8) is 0 Å². The Balaban J connectivity index is 1.78. The van der Waals surface area contributed by atoms with Crippen LogP contribution in [0.2, 0.25) is 0 Å². The minimum atomic E-state index is -1.63. The van der Waals surface area contributed by atoms with Gasteiger partial charge in [0.1, 0.15) is 29.5 Å². The Kier molecular flexibility index (Phi) is 14.4. The molecular weight excluding hydrogens is 741 g/mol. The molecule has 0 radical (unpaired) electrons. The average molecular weight is 821 g/mol. The first-order valence-electron chi connectivity index (χ1n) is 22.1. The van der Waals surface area contributed by atoms with Gasteiger partial charge in [0.2, 0.25) is 0 Å². The van der Waals surface area contributed by atoms with Crippen molar-refractivity contribution in [2.24, 2.45) is 5.41 Å². The van der Waals surface area contributed by atoms with Gasteiger partial charge in [-0.3, -0.25) is 19.4 Å². The number of aromatic hydroxyl groups is 2. The number of carbonyl (C=O) groups is 2. The van der Waals surface area contributed by atoms with E-state index >= 15 is 9.59 Å². The van der Waals surface area contributed by atoms with Crippen LogP contribution in [-0.2, 0) is 36.3 Å². The van der Waals surface area contributed by atoms with Gasteiger partial charge in [-0.1, -0.05) is 72.9 Å². The molecule has 2 fully saturated rings. The third-order valence-corrected chi connectivity index (χ3v) is 13.8. The van der Waals surface area contributed by atoms with Crippen molar-refractivity contribution in [3.8, 4) is 17.2 Å². The minimum Gasteiger partial charge on any atom is -0.508 e. The topological polar surface area (TPSA) is 109 Å². The van der Waals surface area contributed by atoms with E-state index in [0.29, 0.717) is 44.5 Å². The van der Waals surface area contributed by atoms with E-state index in [4.69, 9.17) is 14.2 Å². The van der Waals surface area contributed by atoms with Crippen LogP contribution in [0.5, 0.6) is 17.2 Å². The Labute approximate surface area is 357 Å². The number of phenols is 2. The highest BCUT2D eigenvalue weighted by molar-refractivity contribution is 6.00. The molecule has 2 aromatic rings. The number of unbranched alkanes of at least 4 members (excludes halogenated alkanes) is 3. The number of likely N-dealkylation sites (tertiary alicyclic amines) is 2. The van der Waals surface area contributed by atoms with Gasteiger partial charge in [0.25, 0.3) is 0 Å². The van der Waals surface area contributed by atoms with Gasteiger partial charge < -0.3 is 24.4 Å². The molecule has 9 nitrogen and oxygen atoms in total. The lowest BCUT2D eigenvalue weighted by molar-refractivity contribution is -0.188. The van der Waals surface area contributed by atoms with Crippen molar-refractivity contribution in [3.05, 3.63) is 53.1 Å². The van der Waals surface area contributed by atoms with Gasteiger partial charge in [0.05, 0.1) is 6.61 Å². The fourth-order valence-electron chi connectivity index (χ4n) is 9.68. The highest BCUT2D eigenvalue weighted by Crippen LogP contribution is 2.45. The molecule has 2 aliphatic rings. The van der Waals surface area contributed by atoms with Crippen LogP contribution in [-0.4, -0.2) is 87.0 Å². The molecule has 2 aliphatic heterocycles. The van der Waals surface area contributed by atoms with Gasteiger partial charge in [-0.25, -0.2) is 0 Å². The van der Waals surface area contributed by atoms with Crippen molar-refractivity contribution in [2.45, 2.75) is 206 Å². The fourth-order valence-corrected chi connectivity index (χ4v) is 9.68. The number of ether oxygens (including phenoxy) is 3. The van der Waals surface area contributed by atoms with Crippen molar-refractivity contribution in [1.29, 1.82) is 0 Å². The van der Waals surface area contributed by atoms with Gasteiger partial charge in [0.15, 0.2) is 5.41 Å². The number of esters is 2. The second-order valence-electron chi connectivity index (χ2n) is 22.5. The molecule has 4 rings (SSSR count). The molecule has 0 bridgehead atoms. The fraction of sp³-hybridized carbons (Fsp3) is 0.720. The molecule has 0 unspecified atom stereocenters. The SMILES string of the molecule is CN1C(C)(C)CC(OC(=O)C(CCCCCCOc2ccc(O)cc2)(Cc2cc(C(C)(C)C)c(O)c(C(C)(C)C)c2)C(=O)OC2CC(C)(C)N(C)C(C)(C)C2)CC1(C)C. The van der Waals surface area contributed by atoms with Gasteiger partial charge in [-0.15, -0.1) is 0 Å². The van der Waals surface area contributed by atoms with Crippen LogP contribution < -0.4 is 4.74 Å². The first-order chi connectivity index (χ1) is 26.9. The first kappa shape index (κ1) is 48.4. The van der Waals surface area contributed by atoms with Crippen molar-refractivity contribution in [1.82, 2.24) is 9.80 Å². The molecule has 0 aliphatic carbocycles. The lowest BCUT2D eigenvalue weighted by atomic mass is 9.73. The summed E-state index contributed by atoms with van der Waals surface area (Å²) in [5.41, 5.74) is -0.991. The lowest BCUT2D eigenvalue weighted by Gasteiger charge is -2.53. The van der Waals surface area contributed by atoms with Crippen LogP contribution >= 0.6 is 0 Å². The second kappa shape index (κ2) is 17.6. The maximum absolute atomic E-state index is 15.4. The van der Waals surface area contributed by atoms with Gasteiger partial charge in [0, 0.05) is 47.8 Å². The largest absolute Gasteiger partial charge is 0.508 e. The number of nitrogens with zero attached hydrogens (tertiary/aromatic N) is 2. The van der Waals surface area contributed by atoms with E-state index in [0.717, 1.165) is 36.0 Å². The number of phenolic OH excluding ortho intramolecular Hbond substituents is 2. The maximum atomic E-state index is 15.4. The second-order valence-corrected chi connectivity index (χ2v) is 22.5. The molecular formula is C50H80N2O7. The predicted octanol–water partition coefficient (Wildman–Crippen LogP) is 10.6. The van der Waals surface area contributed by atoms with Crippen molar-refractivity contribution < 1.29 is 34.0 Å². The smallest absolute Gasteiger partial charge is 0.324 e. The third-order valence-electron chi connectivity index (χ3n) is 13.8. The standard InChI is InChI=1S/C50H80N2O7/c1-44(2,3)39-27-34(28-40(41(39)54)45(4,5)6)29-50(25-19-17-18-20-26-57-36-23-21-35(53)22-24-36,42(55)58-37-30-46(7,8)51(15)47(9,10)31-37)43(56)59-38-32-48(11,12)52(16)49(13,14)33-38/h21-24,27-28,37-38,53-54H,17-20,25-26,29-33H2,1-16H3. The van der Waals surface area contributed by atoms with Crippen LogP contribution in [0.1, 0.15) is 171 Å². The predicted molar refractivity (Wildman–Crippen MR) is 238 cm³/mol. The number of carbonyl (C=O) groups excluding carboxylic acids is 2. The Morgan fingerprint density at radius 2 is 1.03 bits per heavy atom. The summed E-state index contributed by atoms with van der Waals surface area (Å²) in [5, 5.41) is 21.3. The summed E-state index contributed by atoms with van der Waals surface area (Å²) < 4.78 is 19.3. The molecule has 2 N–H and O–H groups in total. The van der Waals surface area contributed by atoms with Crippen molar-refractivity contribution >= 4 is 11.9 Å². The zero-order valence-electron chi connectivity index (χ0n) is 39.7. The summed E-state index contributed by atoms with van der Waals surface area (Å²) in [6.07, 6.45) is 5.18. The maximum Gasteiger partial charge on any atom is 0.324 e. The summed E-state index contributed by atoms with van der Waals surface area (Å²) in [7, 11) is 4.26. The van der Waals surface area contributed by atoms with E-state index < -0.39 is 28.2 Å². The highest BCUT2D eigenvalue weighted by atomic mass is 16.6. The molecule has 2 aromatic carbocycles. The zero-order chi connectivity index (χ0) is 44.6. The molecule has 0 amide bonds. The molecule has 0 aromatic heterocycles. The Hall–Kier alpha value is -3.30. The summed E-state index contributed by atoms with van der Waals surface area (Å²) in [6, 6.07) is 10.7. The summed E-state index contributed by atoms with van der Waals surface area (Å²) in [4.78, 5) is 35.5. The number of benzene rings is 2. The monoisotopic (exact) mass is 821 g/mol. The van der Waals surface area contributed by atoms with E-state index in [1.54, 1.807) is 24.3 Å². The third kappa shape index (κ3) is 11.5. The number of piperidine rings is 2.